The zero-order valence-corrected chi connectivity index (χ0v) is 13.7. The van der Waals surface area contributed by atoms with E-state index >= 15 is 0 Å². The van der Waals surface area contributed by atoms with Crippen LogP contribution in [0.25, 0.3) is 11.4 Å². The molecule has 2 aromatic carbocycles. The molecule has 0 fully saturated rings. The number of carbonyl (C=O) groups is 1. The van der Waals surface area contributed by atoms with Gasteiger partial charge < -0.3 is 4.74 Å². The number of nitrogens with one attached hydrogen (secondary N) is 1. The van der Waals surface area contributed by atoms with Gasteiger partial charge in [0.05, 0.1) is 12.1 Å². The minimum atomic E-state index is -0.301. The fraction of sp³-hybridized carbons (Fsp3) is 0.0625. The van der Waals surface area contributed by atoms with Gasteiger partial charge in [0, 0.05) is 22.7 Å². The lowest BCUT2D eigenvalue weighted by Crippen LogP contribution is -2.11. The monoisotopic (exact) mass is 345 g/mol. The van der Waals surface area contributed by atoms with Crippen molar-refractivity contribution < 1.29 is 9.53 Å². The largest absolute Gasteiger partial charge is 0.495 e. The van der Waals surface area contributed by atoms with Crippen molar-refractivity contribution in [3.05, 3.63) is 59.1 Å². The van der Waals surface area contributed by atoms with E-state index in [9.17, 15) is 4.79 Å². The van der Waals surface area contributed by atoms with Gasteiger partial charge in [0.1, 0.15) is 5.75 Å². The summed E-state index contributed by atoms with van der Waals surface area (Å²) in [7, 11) is 1.52. The summed E-state index contributed by atoms with van der Waals surface area (Å²) in [4.78, 5) is 16.6. The molecule has 116 valence electrons. The summed E-state index contributed by atoms with van der Waals surface area (Å²) < 4.78 is 9.31. The Morgan fingerprint density at radius 3 is 2.70 bits per heavy atom. The van der Waals surface area contributed by atoms with Gasteiger partial charge in [0.25, 0.3) is 5.91 Å². The minimum absolute atomic E-state index is 0.301. The summed E-state index contributed by atoms with van der Waals surface area (Å²) in [5.41, 5.74) is 1.32. The van der Waals surface area contributed by atoms with E-state index in [1.165, 1.54) is 7.11 Å². The number of aromatic nitrogens is 2. The van der Waals surface area contributed by atoms with Crippen LogP contribution in [0.5, 0.6) is 5.75 Å². The normalized spacial score (nSPS) is 10.3. The Hall–Kier alpha value is -2.44. The molecule has 0 saturated carbocycles. The first-order chi connectivity index (χ1) is 11.2. The maximum atomic E-state index is 12.2. The predicted octanol–water partition coefficient (Wildman–Crippen LogP) is 4.12. The average Bonchev–Trinajstić information content (AvgIpc) is 3.04. The van der Waals surface area contributed by atoms with E-state index in [2.05, 4.69) is 14.7 Å². The van der Waals surface area contributed by atoms with Crippen molar-refractivity contribution in [1.82, 2.24) is 9.36 Å². The summed E-state index contributed by atoms with van der Waals surface area (Å²) >= 11 is 7.16. The van der Waals surface area contributed by atoms with E-state index in [1.54, 1.807) is 18.2 Å². The van der Waals surface area contributed by atoms with Gasteiger partial charge in [0.15, 0.2) is 5.82 Å². The molecule has 0 aliphatic heterocycles. The molecule has 0 atom stereocenters. The van der Waals surface area contributed by atoms with Crippen molar-refractivity contribution in [1.29, 1.82) is 0 Å². The van der Waals surface area contributed by atoms with Crippen LogP contribution >= 0.6 is 23.1 Å². The van der Waals surface area contributed by atoms with Crippen molar-refractivity contribution in [2.75, 3.05) is 12.4 Å². The number of hydrogen-bond acceptors (Lipinski definition) is 5. The van der Waals surface area contributed by atoms with Crippen LogP contribution in [0.3, 0.4) is 0 Å². The Balaban J connectivity index is 1.76. The number of ether oxygens (including phenoxy) is 1. The van der Waals surface area contributed by atoms with Crippen LogP contribution < -0.4 is 10.1 Å². The lowest BCUT2D eigenvalue weighted by Gasteiger charge is -2.05. The minimum Gasteiger partial charge on any atom is -0.495 e. The molecular formula is C16H12ClN3O2S. The highest BCUT2D eigenvalue weighted by Crippen LogP contribution is 2.26. The average molecular weight is 346 g/mol. The Morgan fingerprint density at radius 1 is 1.22 bits per heavy atom. The summed E-state index contributed by atoms with van der Waals surface area (Å²) in [5.74, 6) is 0.800. The van der Waals surface area contributed by atoms with E-state index < -0.39 is 0 Å². The van der Waals surface area contributed by atoms with Crippen molar-refractivity contribution in [2.45, 2.75) is 0 Å². The fourth-order valence-corrected chi connectivity index (χ4v) is 2.80. The molecular weight excluding hydrogens is 334 g/mol. The second-order valence-electron chi connectivity index (χ2n) is 4.59. The summed E-state index contributed by atoms with van der Waals surface area (Å²) in [6, 6.07) is 14.4. The first kappa shape index (κ1) is 15.5. The van der Waals surface area contributed by atoms with Gasteiger partial charge in [0.2, 0.25) is 5.13 Å². The van der Waals surface area contributed by atoms with Gasteiger partial charge >= 0.3 is 0 Å². The van der Waals surface area contributed by atoms with Crippen LogP contribution in [-0.4, -0.2) is 22.4 Å². The molecule has 0 aliphatic rings. The number of hydrogen-bond donors (Lipinski definition) is 1. The van der Waals surface area contributed by atoms with Crippen molar-refractivity contribution in [3.63, 3.8) is 0 Å². The number of nitrogens with zero attached hydrogens (tertiary/aromatic N) is 2. The molecule has 1 N–H and O–H groups in total. The molecule has 5 nitrogen and oxygen atoms in total. The van der Waals surface area contributed by atoms with Gasteiger partial charge in [-0.25, -0.2) is 0 Å². The highest BCUT2D eigenvalue weighted by atomic mass is 35.5. The van der Waals surface area contributed by atoms with E-state index in [0.717, 1.165) is 17.1 Å². The van der Waals surface area contributed by atoms with E-state index in [0.29, 0.717) is 27.3 Å². The standard InChI is InChI=1S/C16H12ClN3O2S/c1-22-13-8-7-11(9-12(13)17)15(21)19-16-18-14(20-23-16)10-5-3-2-4-6-10/h2-9H,1H3,(H,18,19,20,21). The molecule has 7 heteroatoms. The fourth-order valence-electron chi connectivity index (χ4n) is 1.96. The topological polar surface area (TPSA) is 64.1 Å². The van der Waals surface area contributed by atoms with Crippen LogP contribution in [0, 0.1) is 0 Å². The first-order valence-corrected chi connectivity index (χ1v) is 7.86. The lowest BCUT2D eigenvalue weighted by molar-refractivity contribution is 0.102. The highest BCUT2D eigenvalue weighted by Gasteiger charge is 2.12. The lowest BCUT2D eigenvalue weighted by atomic mass is 10.2. The zero-order valence-electron chi connectivity index (χ0n) is 12.1. The molecule has 3 aromatic rings. The quantitative estimate of drug-likeness (QED) is 0.772. The van der Waals surface area contributed by atoms with E-state index in [4.69, 9.17) is 16.3 Å². The number of benzene rings is 2. The Bertz CT molecular complexity index is 836. The molecule has 1 amide bonds. The van der Waals surface area contributed by atoms with E-state index in [-0.39, 0.29) is 5.91 Å². The number of methoxy groups -OCH3 is 1. The van der Waals surface area contributed by atoms with Crippen molar-refractivity contribution in [3.8, 4) is 17.1 Å². The van der Waals surface area contributed by atoms with E-state index in [1.807, 2.05) is 30.3 Å². The molecule has 0 aliphatic carbocycles. The predicted molar refractivity (Wildman–Crippen MR) is 91.3 cm³/mol. The molecule has 1 heterocycles. The molecule has 0 spiro atoms. The number of carbonyl (C=O) groups excluding carboxylic acids is 1. The van der Waals surface area contributed by atoms with Crippen LogP contribution in [-0.2, 0) is 0 Å². The number of halogens is 1. The first-order valence-electron chi connectivity index (χ1n) is 6.71. The third-order valence-electron chi connectivity index (χ3n) is 3.09. The Labute approximate surface area is 142 Å². The third-order valence-corrected chi connectivity index (χ3v) is 4.02. The third kappa shape index (κ3) is 3.49. The number of rotatable bonds is 4. The molecule has 0 unspecified atom stereocenters. The second kappa shape index (κ2) is 6.76. The molecule has 0 saturated heterocycles. The van der Waals surface area contributed by atoms with Crippen molar-refractivity contribution >= 4 is 34.2 Å². The highest BCUT2D eigenvalue weighted by molar-refractivity contribution is 7.10. The molecule has 23 heavy (non-hydrogen) atoms. The SMILES string of the molecule is COc1ccc(C(=O)Nc2nc(-c3ccccc3)ns2)cc1Cl. The second-order valence-corrected chi connectivity index (χ2v) is 5.75. The van der Waals surface area contributed by atoms with Gasteiger partial charge in [-0.05, 0) is 18.2 Å². The molecule has 0 bridgehead atoms. The van der Waals surface area contributed by atoms with Crippen LogP contribution in [0.1, 0.15) is 10.4 Å². The van der Waals surface area contributed by atoms with Crippen LogP contribution in [0.4, 0.5) is 5.13 Å². The summed E-state index contributed by atoms with van der Waals surface area (Å²) in [6.45, 7) is 0. The summed E-state index contributed by atoms with van der Waals surface area (Å²) in [5, 5.41) is 3.53. The van der Waals surface area contributed by atoms with Crippen LogP contribution in [0.2, 0.25) is 5.02 Å². The number of amides is 1. The summed E-state index contributed by atoms with van der Waals surface area (Å²) in [6.07, 6.45) is 0. The smallest absolute Gasteiger partial charge is 0.257 e. The molecule has 0 radical (unpaired) electrons. The molecule has 1 aromatic heterocycles. The van der Waals surface area contributed by atoms with Crippen molar-refractivity contribution in [2.24, 2.45) is 0 Å². The van der Waals surface area contributed by atoms with Gasteiger partial charge in [-0.3, -0.25) is 10.1 Å². The Kier molecular flexibility index (Phi) is 4.55. The Morgan fingerprint density at radius 2 is 2.00 bits per heavy atom. The van der Waals surface area contributed by atoms with Crippen LogP contribution in [0.15, 0.2) is 48.5 Å². The van der Waals surface area contributed by atoms with Gasteiger partial charge in [-0.2, -0.15) is 9.36 Å². The zero-order chi connectivity index (χ0) is 16.2. The molecule has 3 rings (SSSR count). The van der Waals surface area contributed by atoms with Gasteiger partial charge in [-0.1, -0.05) is 41.9 Å². The van der Waals surface area contributed by atoms with Gasteiger partial charge in [-0.15, -0.1) is 0 Å². The maximum absolute atomic E-state index is 12.2. The number of anilines is 1. The maximum Gasteiger partial charge on any atom is 0.257 e.